The molecule has 0 aromatic heterocycles. The fraction of sp³-hybridized carbons (Fsp3) is 0.588. The molecule has 1 aliphatic rings. The predicted octanol–water partition coefficient (Wildman–Crippen LogP) is 2.73. The molecule has 110 valence electrons. The molecule has 0 bridgehead atoms. The summed E-state index contributed by atoms with van der Waals surface area (Å²) in [5, 5.41) is 3.03. The lowest BCUT2D eigenvalue weighted by Gasteiger charge is -2.23. The molecule has 1 atom stereocenters. The zero-order valence-corrected chi connectivity index (χ0v) is 13.0. The molecule has 0 heterocycles. The van der Waals surface area contributed by atoms with Crippen LogP contribution in [0.5, 0.6) is 0 Å². The molecule has 3 nitrogen and oxygen atoms in total. The zero-order chi connectivity index (χ0) is 15.0. The van der Waals surface area contributed by atoms with Gasteiger partial charge in [-0.2, -0.15) is 0 Å². The van der Waals surface area contributed by atoms with Crippen LogP contribution in [-0.4, -0.2) is 11.4 Å². The number of carbonyl (C=O) groups excluding carboxylic acids is 1. The smallest absolute Gasteiger partial charge is 0.223 e. The second kappa shape index (κ2) is 5.21. The Morgan fingerprint density at radius 2 is 2.05 bits per heavy atom. The number of rotatable bonds is 4. The third-order valence-corrected chi connectivity index (χ3v) is 3.78. The Kier molecular flexibility index (Phi) is 3.92. The number of nitrogens with one attached hydrogen (secondary N) is 1. The summed E-state index contributed by atoms with van der Waals surface area (Å²) in [6.07, 6.45) is 2.89. The minimum atomic E-state index is -0.178. The summed E-state index contributed by atoms with van der Waals surface area (Å²) < 4.78 is 0. The summed E-state index contributed by atoms with van der Waals surface area (Å²) in [4.78, 5) is 12.1. The van der Waals surface area contributed by atoms with Gasteiger partial charge in [-0.05, 0) is 51.2 Å². The summed E-state index contributed by atoms with van der Waals surface area (Å²) in [5.41, 5.74) is 8.35. The van der Waals surface area contributed by atoms with Crippen molar-refractivity contribution in [3.63, 3.8) is 0 Å². The van der Waals surface area contributed by atoms with Crippen LogP contribution in [-0.2, 0) is 16.8 Å². The highest BCUT2D eigenvalue weighted by atomic mass is 16.2. The van der Waals surface area contributed by atoms with E-state index in [0.717, 1.165) is 19.3 Å². The molecule has 3 heteroatoms. The van der Waals surface area contributed by atoms with Crippen LogP contribution < -0.4 is 11.1 Å². The number of hydrogen-bond donors (Lipinski definition) is 2. The van der Waals surface area contributed by atoms with Crippen molar-refractivity contribution in [3.05, 3.63) is 35.4 Å². The Morgan fingerprint density at radius 3 is 2.60 bits per heavy atom. The van der Waals surface area contributed by atoms with Crippen molar-refractivity contribution in [2.24, 2.45) is 11.7 Å². The van der Waals surface area contributed by atoms with Gasteiger partial charge >= 0.3 is 0 Å². The first-order valence-electron chi connectivity index (χ1n) is 7.40. The Bertz CT molecular complexity index is 498. The van der Waals surface area contributed by atoms with Gasteiger partial charge in [-0.15, -0.1) is 0 Å². The molecule has 0 saturated heterocycles. The van der Waals surface area contributed by atoms with Crippen molar-refractivity contribution in [3.8, 4) is 0 Å². The normalized spacial score (nSPS) is 18.4. The van der Waals surface area contributed by atoms with Gasteiger partial charge in [0, 0.05) is 17.0 Å². The Labute approximate surface area is 121 Å². The molecule has 1 aromatic rings. The number of carbonyl (C=O) groups is 1. The number of nitrogens with two attached hydrogens (primary N) is 1. The van der Waals surface area contributed by atoms with E-state index in [0.29, 0.717) is 0 Å². The van der Waals surface area contributed by atoms with Gasteiger partial charge in [-0.25, -0.2) is 0 Å². The average molecular weight is 274 g/mol. The second-order valence-corrected chi connectivity index (χ2v) is 7.20. The maximum atomic E-state index is 12.1. The van der Waals surface area contributed by atoms with Gasteiger partial charge in [0.15, 0.2) is 0 Å². The monoisotopic (exact) mass is 274 g/mol. The van der Waals surface area contributed by atoms with Crippen LogP contribution in [0.15, 0.2) is 24.3 Å². The molecule has 1 unspecified atom stereocenters. The SMILES string of the molecule is CC(Cc1cccc(C2(N)CC2)c1)C(=O)NC(C)(C)C. The minimum absolute atomic E-state index is 0.0302. The fourth-order valence-corrected chi connectivity index (χ4v) is 2.37. The summed E-state index contributed by atoms with van der Waals surface area (Å²) in [6, 6.07) is 8.38. The third-order valence-electron chi connectivity index (χ3n) is 3.78. The van der Waals surface area contributed by atoms with E-state index in [1.54, 1.807) is 0 Å². The molecule has 1 saturated carbocycles. The molecule has 0 radical (unpaired) electrons. The average Bonchev–Trinajstić information content (AvgIpc) is 3.07. The van der Waals surface area contributed by atoms with Crippen molar-refractivity contribution < 1.29 is 4.79 Å². The van der Waals surface area contributed by atoms with E-state index in [1.165, 1.54) is 11.1 Å². The summed E-state index contributed by atoms with van der Waals surface area (Å²) in [6.45, 7) is 7.99. The first-order valence-corrected chi connectivity index (χ1v) is 7.40. The third kappa shape index (κ3) is 3.83. The van der Waals surface area contributed by atoms with E-state index in [9.17, 15) is 4.79 Å². The topological polar surface area (TPSA) is 55.1 Å². The first kappa shape index (κ1) is 15.0. The van der Waals surface area contributed by atoms with Crippen LogP contribution in [0.2, 0.25) is 0 Å². The Balaban J connectivity index is 2.01. The molecule has 0 spiro atoms. The second-order valence-electron chi connectivity index (χ2n) is 7.20. The van der Waals surface area contributed by atoms with Crippen molar-refractivity contribution in [1.29, 1.82) is 0 Å². The van der Waals surface area contributed by atoms with Gasteiger partial charge in [0.1, 0.15) is 0 Å². The van der Waals surface area contributed by atoms with Crippen LogP contribution in [0.4, 0.5) is 0 Å². The van der Waals surface area contributed by atoms with Crippen molar-refractivity contribution in [2.75, 3.05) is 0 Å². The van der Waals surface area contributed by atoms with Gasteiger partial charge in [0.2, 0.25) is 5.91 Å². The molecule has 1 fully saturated rings. The van der Waals surface area contributed by atoms with Gasteiger partial charge in [0.05, 0.1) is 0 Å². The highest BCUT2D eigenvalue weighted by Gasteiger charge is 2.39. The molecular formula is C17H26N2O. The molecule has 20 heavy (non-hydrogen) atoms. The lowest BCUT2D eigenvalue weighted by molar-refractivity contribution is -0.125. The lowest BCUT2D eigenvalue weighted by atomic mass is 9.95. The summed E-state index contributed by atoms with van der Waals surface area (Å²) in [7, 11) is 0. The highest BCUT2D eigenvalue weighted by Crippen LogP contribution is 2.42. The van der Waals surface area contributed by atoms with E-state index >= 15 is 0 Å². The minimum Gasteiger partial charge on any atom is -0.351 e. The standard InChI is InChI=1S/C17H26N2O/c1-12(15(20)19-16(2,3)4)10-13-6-5-7-14(11-13)17(18)8-9-17/h5-7,11-12H,8-10,18H2,1-4H3,(H,19,20). The van der Waals surface area contributed by atoms with Crippen LogP contribution in [0.25, 0.3) is 0 Å². The van der Waals surface area contributed by atoms with Gasteiger partial charge in [-0.1, -0.05) is 31.2 Å². The fourth-order valence-electron chi connectivity index (χ4n) is 2.37. The Morgan fingerprint density at radius 1 is 1.40 bits per heavy atom. The van der Waals surface area contributed by atoms with Crippen LogP contribution >= 0.6 is 0 Å². The van der Waals surface area contributed by atoms with E-state index < -0.39 is 0 Å². The van der Waals surface area contributed by atoms with Crippen molar-refractivity contribution in [1.82, 2.24) is 5.32 Å². The van der Waals surface area contributed by atoms with Crippen molar-refractivity contribution >= 4 is 5.91 Å². The van der Waals surface area contributed by atoms with Crippen LogP contribution in [0.1, 0.15) is 51.7 Å². The van der Waals surface area contributed by atoms with E-state index in [1.807, 2.05) is 33.8 Å². The predicted molar refractivity (Wildman–Crippen MR) is 82.3 cm³/mol. The maximum absolute atomic E-state index is 12.1. The maximum Gasteiger partial charge on any atom is 0.223 e. The molecule has 3 N–H and O–H groups in total. The number of hydrogen-bond acceptors (Lipinski definition) is 2. The van der Waals surface area contributed by atoms with E-state index in [-0.39, 0.29) is 22.9 Å². The summed E-state index contributed by atoms with van der Waals surface area (Å²) in [5.74, 6) is 0.0780. The lowest BCUT2D eigenvalue weighted by Crippen LogP contribution is -2.43. The quantitative estimate of drug-likeness (QED) is 0.887. The largest absolute Gasteiger partial charge is 0.351 e. The molecule has 1 aliphatic carbocycles. The van der Waals surface area contributed by atoms with Crippen molar-refractivity contribution in [2.45, 2.75) is 58.0 Å². The molecule has 1 aromatic carbocycles. The number of amides is 1. The zero-order valence-electron chi connectivity index (χ0n) is 13.0. The highest BCUT2D eigenvalue weighted by molar-refractivity contribution is 5.79. The van der Waals surface area contributed by atoms with Crippen LogP contribution in [0, 0.1) is 5.92 Å². The van der Waals surface area contributed by atoms with Crippen LogP contribution in [0.3, 0.4) is 0 Å². The molecule has 2 rings (SSSR count). The molecule has 0 aliphatic heterocycles. The van der Waals surface area contributed by atoms with Gasteiger partial charge < -0.3 is 11.1 Å². The van der Waals surface area contributed by atoms with E-state index in [2.05, 4.69) is 23.5 Å². The molecule has 1 amide bonds. The first-order chi connectivity index (χ1) is 9.20. The van der Waals surface area contributed by atoms with Gasteiger partial charge in [-0.3, -0.25) is 4.79 Å². The summed E-state index contributed by atoms with van der Waals surface area (Å²) >= 11 is 0. The van der Waals surface area contributed by atoms with E-state index in [4.69, 9.17) is 5.73 Å². The number of benzene rings is 1. The Hall–Kier alpha value is -1.35. The van der Waals surface area contributed by atoms with Gasteiger partial charge in [0.25, 0.3) is 0 Å². The molecular weight excluding hydrogens is 248 g/mol.